The van der Waals surface area contributed by atoms with Gasteiger partial charge in [-0.1, -0.05) is 6.07 Å². The summed E-state index contributed by atoms with van der Waals surface area (Å²) in [6.45, 7) is 4.09. The number of nitrogens with zero attached hydrogens (tertiary/aromatic N) is 1. The van der Waals surface area contributed by atoms with Crippen LogP contribution in [-0.4, -0.2) is 58.5 Å². The van der Waals surface area contributed by atoms with Crippen molar-refractivity contribution >= 4 is 26.0 Å². The first-order valence-electron chi connectivity index (χ1n) is 8.37. The Bertz CT molecular complexity index is 866. The summed E-state index contributed by atoms with van der Waals surface area (Å²) < 4.78 is 51.6. The van der Waals surface area contributed by atoms with E-state index in [0.29, 0.717) is 19.4 Å². The Morgan fingerprint density at radius 1 is 1.23 bits per heavy atom. The van der Waals surface area contributed by atoms with Gasteiger partial charge >= 0.3 is 0 Å². The van der Waals surface area contributed by atoms with Crippen LogP contribution in [0.3, 0.4) is 0 Å². The first kappa shape index (κ1) is 20.8. The van der Waals surface area contributed by atoms with Gasteiger partial charge in [-0.05, 0) is 44.9 Å². The lowest BCUT2D eigenvalue weighted by Gasteiger charge is -2.31. The Labute approximate surface area is 155 Å². The first-order chi connectivity index (χ1) is 12.0. The minimum atomic E-state index is -3.69. The van der Waals surface area contributed by atoms with Gasteiger partial charge in [0.05, 0.1) is 11.2 Å². The molecule has 2 rings (SSSR count). The number of sulfonamides is 2. The van der Waals surface area contributed by atoms with Gasteiger partial charge in [-0.15, -0.1) is 0 Å². The van der Waals surface area contributed by atoms with Gasteiger partial charge in [-0.3, -0.25) is 4.79 Å². The number of rotatable bonds is 6. The van der Waals surface area contributed by atoms with Crippen LogP contribution in [0.25, 0.3) is 0 Å². The van der Waals surface area contributed by atoms with Crippen molar-refractivity contribution in [3.8, 4) is 0 Å². The maximum absolute atomic E-state index is 12.5. The highest BCUT2D eigenvalue weighted by atomic mass is 32.2. The van der Waals surface area contributed by atoms with Gasteiger partial charge < -0.3 is 5.32 Å². The molecule has 146 valence electrons. The summed E-state index contributed by atoms with van der Waals surface area (Å²) in [6, 6.07) is 5.21. The number of benzene rings is 1. The molecule has 0 bridgehead atoms. The number of carbonyl (C=O) groups excluding carboxylic acids is 1. The standard InChI is InChI=1S/C16H25N3O5S2/c1-12(2)18-26(23,24)15-8-4-6-13(10-15)16(20)17-14-7-5-9-19(11-14)25(3,21)22/h4,6,8,10,12,14,18H,5,7,9,11H2,1-3H3,(H,17,20)/t14-/m1/s1. The zero-order valence-corrected chi connectivity index (χ0v) is 16.7. The fraction of sp³-hybridized carbons (Fsp3) is 0.562. The van der Waals surface area contributed by atoms with Crippen molar-refractivity contribution in [2.24, 2.45) is 0 Å². The van der Waals surface area contributed by atoms with E-state index in [1.165, 1.54) is 28.6 Å². The van der Waals surface area contributed by atoms with Crippen molar-refractivity contribution in [1.82, 2.24) is 14.3 Å². The van der Waals surface area contributed by atoms with Crippen LogP contribution in [0.5, 0.6) is 0 Å². The van der Waals surface area contributed by atoms with Crippen molar-refractivity contribution in [2.45, 2.75) is 43.7 Å². The number of piperidine rings is 1. The van der Waals surface area contributed by atoms with Crippen LogP contribution in [0.4, 0.5) is 0 Å². The lowest BCUT2D eigenvalue weighted by atomic mass is 10.1. The Morgan fingerprint density at radius 2 is 1.92 bits per heavy atom. The smallest absolute Gasteiger partial charge is 0.251 e. The second-order valence-electron chi connectivity index (χ2n) is 6.74. The molecule has 8 nitrogen and oxygen atoms in total. The molecule has 0 saturated carbocycles. The molecule has 1 atom stereocenters. The zero-order chi connectivity index (χ0) is 19.5. The number of amides is 1. The van der Waals surface area contributed by atoms with Gasteiger partial charge in [0.15, 0.2) is 0 Å². The quantitative estimate of drug-likeness (QED) is 0.719. The molecule has 26 heavy (non-hydrogen) atoms. The van der Waals surface area contributed by atoms with Gasteiger partial charge in [-0.2, -0.15) is 0 Å². The van der Waals surface area contributed by atoms with Crippen LogP contribution in [0, 0.1) is 0 Å². The van der Waals surface area contributed by atoms with Crippen molar-refractivity contribution in [1.29, 1.82) is 0 Å². The van der Waals surface area contributed by atoms with Gasteiger partial charge in [0.25, 0.3) is 5.91 Å². The van der Waals surface area contributed by atoms with Gasteiger partial charge in [0, 0.05) is 30.7 Å². The molecule has 0 aliphatic carbocycles. The minimum absolute atomic E-state index is 0.0141. The van der Waals surface area contributed by atoms with E-state index in [9.17, 15) is 21.6 Å². The SMILES string of the molecule is CC(C)NS(=O)(=O)c1cccc(C(=O)N[C@@H]2CCCN(S(C)(=O)=O)C2)c1. The molecule has 0 unspecified atom stereocenters. The van der Waals surface area contributed by atoms with Gasteiger partial charge in [0.1, 0.15) is 0 Å². The highest BCUT2D eigenvalue weighted by Gasteiger charge is 2.27. The average Bonchev–Trinajstić information content (AvgIpc) is 2.53. The van der Waals surface area contributed by atoms with Gasteiger partial charge in [0.2, 0.25) is 20.0 Å². The summed E-state index contributed by atoms with van der Waals surface area (Å²) in [5.41, 5.74) is 0.216. The van der Waals surface area contributed by atoms with Crippen molar-refractivity contribution < 1.29 is 21.6 Å². The first-order valence-corrected chi connectivity index (χ1v) is 11.7. The fourth-order valence-corrected chi connectivity index (χ4v) is 5.02. The molecule has 1 aliphatic rings. The van der Waals surface area contributed by atoms with Crippen LogP contribution in [0.2, 0.25) is 0 Å². The van der Waals surface area contributed by atoms with Gasteiger partial charge in [-0.25, -0.2) is 25.9 Å². The van der Waals surface area contributed by atoms with Crippen LogP contribution in [-0.2, 0) is 20.0 Å². The maximum atomic E-state index is 12.5. The maximum Gasteiger partial charge on any atom is 0.251 e. The molecule has 2 N–H and O–H groups in total. The normalized spacial score (nSPS) is 19.5. The summed E-state index contributed by atoms with van der Waals surface area (Å²) in [6.07, 6.45) is 2.47. The summed E-state index contributed by atoms with van der Waals surface area (Å²) in [5, 5.41) is 2.80. The summed E-state index contributed by atoms with van der Waals surface area (Å²) in [5.74, 6) is -0.424. The van der Waals surface area contributed by atoms with E-state index in [-0.39, 0.29) is 29.1 Å². The lowest BCUT2D eigenvalue weighted by Crippen LogP contribution is -2.49. The Hall–Kier alpha value is -1.49. The van der Waals surface area contributed by atoms with E-state index in [1.807, 2.05) is 0 Å². The number of nitrogens with one attached hydrogen (secondary N) is 2. The zero-order valence-electron chi connectivity index (χ0n) is 15.1. The molecule has 0 spiro atoms. The van der Waals surface area contributed by atoms with Crippen molar-refractivity contribution in [3.63, 3.8) is 0 Å². The third-order valence-electron chi connectivity index (χ3n) is 3.99. The highest BCUT2D eigenvalue weighted by Crippen LogP contribution is 2.15. The summed E-state index contributed by atoms with van der Waals surface area (Å²) >= 11 is 0. The van der Waals surface area contributed by atoms with E-state index in [4.69, 9.17) is 0 Å². The largest absolute Gasteiger partial charge is 0.348 e. The lowest BCUT2D eigenvalue weighted by molar-refractivity contribution is 0.0921. The molecule has 1 aromatic rings. The van der Waals surface area contributed by atoms with E-state index in [0.717, 1.165) is 6.26 Å². The van der Waals surface area contributed by atoms with E-state index in [2.05, 4.69) is 10.0 Å². The predicted molar refractivity (Wildman–Crippen MR) is 98.8 cm³/mol. The van der Waals surface area contributed by atoms with Crippen molar-refractivity contribution in [2.75, 3.05) is 19.3 Å². The van der Waals surface area contributed by atoms with Crippen LogP contribution in [0.15, 0.2) is 29.2 Å². The highest BCUT2D eigenvalue weighted by molar-refractivity contribution is 7.89. The van der Waals surface area contributed by atoms with Crippen molar-refractivity contribution in [3.05, 3.63) is 29.8 Å². The molecule has 1 saturated heterocycles. The number of hydrogen-bond donors (Lipinski definition) is 2. The molecule has 1 amide bonds. The number of carbonyl (C=O) groups is 1. The average molecular weight is 404 g/mol. The van der Waals surface area contributed by atoms with Crippen LogP contribution >= 0.6 is 0 Å². The van der Waals surface area contributed by atoms with Crippen LogP contribution < -0.4 is 10.0 Å². The fourth-order valence-electron chi connectivity index (χ4n) is 2.81. The predicted octanol–water partition coefficient (Wildman–Crippen LogP) is 0.527. The Kier molecular flexibility index (Phi) is 6.43. The third kappa shape index (κ3) is 5.50. The van der Waals surface area contributed by atoms with E-state index < -0.39 is 26.0 Å². The molecular weight excluding hydrogens is 378 g/mol. The molecular formula is C16H25N3O5S2. The molecule has 0 radical (unpaired) electrons. The Balaban J connectivity index is 2.12. The molecule has 0 aromatic heterocycles. The second kappa shape index (κ2) is 8.03. The molecule has 10 heteroatoms. The van der Waals surface area contributed by atoms with Crippen LogP contribution in [0.1, 0.15) is 37.0 Å². The monoisotopic (exact) mass is 403 g/mol. The second-order valence-corrected chi connectivity index (χ2v) is 10.4. The number of hydrogen-bond acceptors (Lipinski definition) is 5. The topological polar surface area (TPSA) is 113 Å². The third-order valence-corrected chi connectivity index (χ3v) is 6.91. The molecule has 1 aliphatic heterocycles. The molecule has 1 fully saturated rings. The van der Waals surface area contributed by atoms with E-state index in [1.54, 1.807) is 13.8 Å². The molecule has 1 heterocycles. The Morgan fingerprint density at radius 3 is 2.54 bits per heavy atom. The molecule has 1 aromatic carbocycles. The summed E-state index contributed by atoms with van der Waals surface area (Å²) in [7, 11) is -7.00. The minimum Gasteiger partial charge on any atom is -0.348 e. The summed E-state index contributed by atoms with van der Waals surface area (Å²) in [4.78, 5) is 12.5. The van der Waals surface area contributed by atoms with E-state index >= 15 is 0 Å².